The molecule has 7 heteroatoms. The van der Waals surface area contributed by atoms with Gasteiger partial charge in [0.2, 0.25) is 5.91 Å². The first kappa shape index (κ1) is 14.6. The third-order valence-electron chi connectivity index (χ3n) is 4.26. The smallest absolute Gasteiger partial charge is 0.317 e. The summed E-state index contributed by atoms with van der Waals surface area (Å²) in [6.07, 6.45) is 2.20. The van der Waals surface area contributed by atoms with E-state index in [1.54, 1.807) is 11.8 Å². The maximum atomic E-state index is 12.0. The van der Waals surface area contributed by atoms with E-state index in [0.29, 0.717) is 38.9 Å². The van der Waals surface area contributed by atoms with Crippen LogP contribution in [-0.2, 0) is 9.59 Å². The molecule has 3 amide bonds. The molecule has 2 aliphatic heterocycles. The molecule has 0 radical (unpaired) electrons. The minimum Gasteiger partial charge on any atom is -0.481 e. The summed E-state index contributed by atoms with van der Waals surface area (Å²) in [6.45, 7) is 3.05. The highest BCUT2D eigenvalue weighted by Gasteiger charge is 2.38. The van der Waals surface area contributed by atoms with Gasteiger partial charge < -0.3 is 20.6 Å². The Bertz CT molecular complexity index is 416. The molecule has 0 aromatic rings. The predicted molar refractivity (Wildman–Crippen MR) is 71.1 cm³/mol. The zero-order valence-corrected chi connectivity index (χ0v) is 11.6. The van der Waals surface area contributed by atoms with Crippen LogP contribution in [0, 0.1) is 5.41 Å². The molecule has 2 aliphatic rings. The van der Waals surface area contributed by atoms with Crippen LogP contribution in [0.1, 0.15) is 32.6 Å². The second kappa shape index (κ2) is 5.68. The summed E-state index contributed by atoms with van der Waals surface area (Å²) in [4.78, 5) is 35.8. The monoisotopic (exact) mass is 283 g/mol. The largest absolute Gasteiger partial charge is 0.481 e. The standard InChI is InChI=1S/C13H21N3O4/c1-13(11(18)19)4-6-16(7-5-13)12(20)14-8-9-2-3-10(17)15-9/h9H,2-8H2,1H3,(H,14,20)(H,15,17)(H,18,19). The van der Waals surface area contributed by atoms with Crippen molar-refractivity contribution in [2.75, 3.05) is 19.6 Å². The van der Waals surface area contributed by atoms with E-state index < -0.39 is 11.4 Å². The summed E-state index contributed by atoms with van der Waals surface area (Å²) in [7, 11) is 0. The number of hydrogen-bond donors (Lipinski definition) is 3. The molecule has 0 aromatic carbocycles. The van der Waals surface area contributed by atoms with Crippen LogP contribution in [0.2, 0.25) is 0 Å². The van der Waals surface area contributed by atoms with Crippen molar-refractivity contribution in [3.05, 3.63) is 0 Å². The number of aliphatic carboxylic acids is 1. The van der Waals surface area contributed by atoms with E-state index in [0.717, 1.165) is 6.42 Å². The van der Waals surface area contributed by atoms with Crippen LogP contribution in [-0.4, -0.2) is 53.6 Å². The Labute approximate surface area is 117 Å². The van der Waals surface area contributed by atoms with Crippen LogP contribution in [0.25, 0.3) is 0 Å². The number of hydrogen-bond acceptors (Lipinski definition) is 3. The third-order valence-corrected chi connectivity index (χ3v) is 4.26. The molecule has 20 heavy (non-hydrogen) atoms. The van der Waals surface area contributed by atoms with Crippen LogP contribution < -0.4 is 10.6 Å². The molecular formula is C13H21N3O4. The van der Waals surface area contributed by atoms with Gasteiger partial charge in [0.15, 0.2) is 0 Å². The van der Waals surface area contributed by atoms with Crippen LogP contribution in [0.3, 0.4) is 0 Å². The second-order valence-corrected chi connectivity index (χ2v) is 5.84. The first-order valence-corrected chi connectivity index (χ1v) is 6.96. The molecule has 0 aromatic heterocycles. The van der Waals surface area contributed by atoms with E-state index in [1.165, 1.54) is 0 Å². The number of amides is 3. The number of carboxylic acid groups (broad SMARTS) is 1. The van der Waals surface area contributed by atoms with Gasteiger partial charge in [-0.25, -0.2) is 4.79 Å². The van der Waals surface area contributed by atoms with Gasteiger partial charge in [0.25, 0.3) is 0 Å². The summed E-state index contributed by atoms with van der Waals surface area (Å²) < 4.78 is 0. The molecule has 2 heterocycles. The molecule has 1 atom stereocenters. The lowest BCUT2D eigenvalue weighted by molar-refractivity contribution is -0.150. The molecule has 2 fully saturated rings. The Morgan fingerprint density at radius 3 is 2.60 bits per heavy atom. The Morgan fingerprint density at radius 2 is 2.10 bits per heavy atom. The second-order valence-electron chi connectivity index (χ2n) is 5.84. The van der Waals surface area contributed by atoms with Crippen molar-refractivity contribution in [3.63, 3.8) is 0 Å². The van der Waals surface area contributed by atoms with Gasteiger partial charge in [-0.05, 0) is 26.2 Å². The van der Waals surface area contributed by atoms with Crippen molar-refractivity contribution in [2.24, 2.45) is 5.41 Å². The van der Waals surface area contributed by atoms with Gasteiger partial charge in [-0.1, -0.05) is 0 Å². The normalized spacial score (nSPS) is 25.1. The fourth-order valence-electron chi connectivity index (χ4n) is 2.57. The highest BCUT2D eigenvalue weighted by molar-refractivity contribution is 5.79. The van der Waals surface area contributed by atoms with Crippen molar-refractivity contribution < 1.29 is 19.5 Å². The summed E-state index contributed by atoms with van der Waals surface area (Å²) >= 11 is 0. The van der Waals surface area contributed by atoms with Crippen LogP contribution in [0.5, 0.6) is 0 Å². The maximum Gasteiger partial charge on any atom is 0.317 e. The number of urea groups is 1. The van der Waals surface area contributed by atoms with Crippen LogP contribution in [0.15, 0.2) is 0 Å². The van der Waals surface area contributed by atoms with E-state index in [-0.39, 0.29) is 18.0 Å². The molecule has 0 spiro atoms. The van der Waals surface area contributed by atoms with Crippen LogP contribution in [0.4, 0.5) is 4.79 Å². The van der Waals surface area contributed by atoms with Crippen molar-refractivity contribution in [1.29, 1.82) is 0 Å². The van der Waals surface area contributed by atoms with Gasteiger partial charge in [0.05, 0.1) is 5.41 Å². The van der Waals surface area contributed by atoms with E-state index in [1.807, 2.05) is 0 Å². The van der Waals surface area contributed by atoms with Gasteiger partial charge in [0, 0.05) is 32.1 Å². The number of carbonyl (C=O) groups excluding carboxylic acids is 2. The Balaban J connectivity index is 1.75. The number of nitrogens with one attached hydrogen (secondary N) is 2. The lowest BCUT2D eigenvalue weighted by Gasteiger charge is -2.36. The molecule has 3 N–H and O–H groups in total. The van der Waals surface area contributed by atoms with Gasteiger partial charge in [-0.15, -0.1) is 0 Å². The SMILES string of the molecule is CC1(C(=O)O)CCN(C(=O)NCC2CCC(=O)N2)CC1. The van der Waals surface area contributed by atoms with Crippen LogP contribution >= 0.6 is 0 Å². The fraction of sp³-hybridized carbons (Fsp3) is 0.769. The summed E-state index contributed by atoms with van der Waals surface area (Å²) in [5.41, 5.74) is -0.726. The number of carbonyl (C=O) groups is 3. The molecule has 0 aliphatic carbocycles. The summed E-state index contributed by atoms with van der Waals surface area (Å²) in [6, 6.07) is -0.167. The van der Waals surface area contributed by atoms with Crippen molar-refractivity contribution in [3.8, 4) is 0 Å². The summed E-state index contributed by atoms with van der Waals surface area (Å²) in [5, 5.41) is 14.7. The minimum atomic E-state index is -0.800. The molecule has 2 rings (SSSR count). The predicted octanol–water partition coefficient (Wildman–Crippen LogP) is 0.161. The molecule has 0 bridgehead atoms. The van der Waals surface area contributed by atoms with E-state index in [9.17, 15) is 14.4 Å². The van der Waals surface area contributed by atoms with Gasteiger partial charge in [0.1, 0.15) is 0 Å². The minimum absolute atomic E-state index is 0.0144. The van der Waals surface area contributed by atoms with Crippen molar-refractivity contribution in [1.82, 2.24) is 15.5 Å². The highest BCUT2D eigenvalue weighted by atomic mass is 16.4. The first-order valence-electron chi connectivity index (χ1n) is 6.96. The lowest BCUT2D eigenvalue weighted by Crippen LogP contribution is -2.50. The van der Waals surface area contributed by atoms with Gasteiger partial charge >= 0.3 is 12.0 Å². The molecular weight excluding hydrogens is 262 g/mol. The highest BCUT2D eigenvalue weighted by Crippen LogP contribution is 2.30. The number of carboxylic acids is 1. The van der Waals surface area contributed by atoms with Crippen molar-refractivity contribution in [2.45, 2.75) is 38.6 Å². The maximum absolute atomic E-state index is 12.0. The number of nitrogens with zero attached hydrogens (tertiary/aromatic N) is 1. The number of piperidine rings is 1. The molecule has 112 valence electrons. The van der Waals surface area contributed by atoms with E-state index >= 15 is 0 Å². The van der Waals surface area contributed by atoms with Crippen molar-refractivity contribution >= 4 is 17.9 Å². The average Bonchev–Trinajstić information content (AvgIpc) is 2.82. The molecule has 2 saturated heterocycles. The Hall–Kier alpha value is -1.79. The lowest BCUT2D eigenvalue weighted by atomic mass is 9.80. The quantitative estimate of drug-likeness (QED) is 0.687. The third kappa shape index (κ3) is 3.20. The zero-order chi connectivity index (χ0) is 14.8. The van der Waals surface area contributed by atoms with E-state index in [4.69, 9.17) is 5.11 Å². The molecule has 7 nitrogen and oxygen atoms in total. The molecule has 1 unspecified atom stereocenters. The van der Waals surface area contributed by atoms with Gasteiger partial charge in [-0.3, -0.25) is 9.59 Å². The topological polar surface area (TPSA) is 98.7 Å². The molecule has 0 saturated carbocycles. The number of rotatable bonds is 3. The Morgan fingerprint density at radius 1 is 1.45 bits per heavy atom. The van der Waals surface area contributed by atoms with Gasteiger partial charge in [-0.2, -0.15) is 0 Å². The fourth-order valence-corrected chi connectivity index (χ4v) is 2.57. The zero-order valence-electron chi connectivity index (χ0n) is 11.6. The van der Waals surface area contributed by atoms with E-state index in [2.05, 4.69) is 10.6 Å². The number of likely N-dealkylation sites (tertiary alicyclic amines) is 1. The average molecular weight is 283 g/mol. The Kier molecular flexibility index (Phi) is 4.15. The first-order chi connectivity index (χ1) is 9.40. The summed E-state index contributed by atoms with van der Waals surface area (Å²) in [5.74, 6) is -0.773.